The van der Waals surface area contributed by atoms with Crippen LogP contribution in [0.25, 0.3) is 11.5 Å². The van der Waals surface area contributed by atoms with E-state index in [1.807, 2.05) is 0 Å². The second-order valence-corrected chi connectivity index (χ2v) is 3.54. The molecule has 1 aromatic carbocycles. The van der Waals surface area contributed by atoms with Crippen LogP contribution in [0, 0.1) is 6.26 Å². The van der Waals surface area contributed by atoms with Gasteiger partial charge in [0.15, 0.2) is 6.26 Å². The van der Waals surface area contributed by atoms with Gasteiger partial charge in [0, 0.05) is 5.56 Å². The molecule has 0 N–H and O–H groups in total. The van der Waals surface area contributed by atoms with Crippen molar-refractivity contribution in [2.45, 2.75) is 12.4 Å². The van der Waals surface area contributed by atoms with Crippen LogP contribution < -0.4 is 0 Å². The van der Waals surface area contributed by atoms with E-state index in [4.69, 9.17) is 0 Å². The van der Waals surface area contributed by atoms with Crippen molar-refractivity contribution in [3.8, 4) is 11.5 Å². The zero-order valence-corrected chi connectivity index (χ0v) is 8.93. The number of nitrogens with zero attached hydrogens (tertiary/aromatic N) is 1. The minimum atomic E-state index is -4.95. The summed E-state index contributed by atoms with van der Waals surface area (Å²) in [6.45, 7) is 0. The van der Waals surface area contributed by atoms with Crippen molar-refractivity contribution >= 4 is 0 Å². The second kappa shape index (κ2) is 4.29. The Morgan fingerprint density at radius 3 is 2.16 bits per heavy atom. The quantitative estimate of drug-likeness (QED) is 0.732. The summed E-state index contributed by atoms with van der Waals surface area (Å²) in [5.74, 6) is -0.443. The number of aromatic nitrogens is 1. The van der Waals surface area contributed by atoms with Gasteiger partial charge in [-0.15, -0.1) is 0 Å². The largest absolute Gasteiger partial charge is 0.433 e. The molecule has 0 saturated carbocycles. The molecular formula is C11H4F6NO. The molecule has 0 aliphatic rings. The van der Waals surface area contributed by atoms with Crippen LogP contribution in [0.15, 0.2) is 28.8 Å². The molecule has 0 aliphatic carbocycles. The molecule has 0 amide bonds. The summed E-state index contributed by atoms with van der Waals surface area (Å²) in [6.07, 6.45) is -6.76. The zero-order chi connectivity index (χ0) is 14.3. The lowest BCUT2D eigenvalue weighted by Crippen LogP contribution is -2.12. The molecule has 0 saturated heterocycles. The number of oxazole rings is 1. The van der Waals surface area contributed by atoms with Crippen molar-refractivity contribution in [1.82, 2.24) is 4.98 Å². The van der Waals surface area contributed by atoms with Crippen molar-refractivity contribution < 1.29 is 30.8 Å². The number of alkyl halides is 6. The molecule has 0 fully saturated rings. The molecule has 0 atom stereocenters. The maximum Gasteiger partial charge on any atom is 0.417 e. The Morgan fingerprint density at radius 1 is 1.00 bits per heavy atom. The smallest absolute Gasteiger partial charge is 0.417 e. The van der Waals surface area contributed by atoms with Crippen molar-refractivity contribution in [2.24, 2.45) is 0 Å². The minimum Gasteiger partial charge on any atom is -0.433 e. The van der Waals surface area contributed by atoms with Crippen LogP contribution in [0.2, 0.25) is 0 Å². The highest BCUT2D eigenvalue weighted by molar-refractivity contribution is 5.60. The van der Waals surface area contributed by atoms with E-state index in [1.54, 1.807) is 0 Å². The van der Waals surface area contributed by atoms with Gasteiger partial charge >= 0.3 is 12.4 Å². The van der Waals surface area contributed by atoms with Crippen LogP contribution in [0.5, 0.6) is 0 Å². The van der Waals surface area contributed by atoms with Crippen LogP contribution in [0.1, 0.15) is 11.1 Å². The molecule has 0 bridgehead atoms. The monoisotopic (exact) mass is 280 g/mol. The third-order valence-corrected chi connectivity index (χ3v) is 2.27. The third kappa shape index (κ3) is 2.72. The molecule has 0 unspecified atom stereocenters. The Kier molecular flexibility index (Phi) is 3.03. The standard InChI is InChI=1S/C11H4F6NO/c12-10(13,14)6-1-2-7(9-18-3-4-19-9)8(5-6)11(15,16)17/h1-3,5H. The zero-order valence-electron chi connectivity index (χ0n) is 8.93. The summed E-state index contributed by atoms with van der Waals surface area (Å²) in [5.41, 5.74) is -3.42. The van der Waals surface area contributed by atoms with Crippen LogP contribution in [-0.4, -0.2) is 4.98 Å². The van der Waals surface area contributed by atoms with E-state index in [0.29, 0.717) is 12.1 Å². The summed E-state index contributed by atoms with van der Waals surface area (Å²) in [6, 6.07) is 1.24. The predicted molar refractivity (Wildman–Crippen MR) is 50.8 cm³/mol. The van der Waals surface area contributed by atoms with Crippen LogP contribution >= 0.6 is 0 Å². The summed E-state index contributed by atoms with van der Waals surface area (Å²) >= 11 is 0. The van der Waals surface area contributed by atoms with Crippen LogP contribution in [0.3, 0.4) is 0 Å². The lowest BCUT2D eigenvalue weighted by Gasteiger charge is -2.14. The Balaban J connectivity index is 2.63. The average Bonchev–Trinajstić information content (AvgIpc) is 2.79. The van der Waals surface area contributed by atoms with Gasteiger partial charge in [0.25, 0.3) is 0 Å². The Bertz CT molecular complexity index is 570. The first-order chi connectivity index (χ1) is 8.69. The van der Waals surface area contributed by atoms with E-state index in [2.05, 4.69) is 15.7 Å². The number of benzene rings is 1. The Labute approximate surface area is 102 Å². The molecule has 1 radical (unpaired) electrons. The van der Waals surface area contributed by atoms with E-state index >= 15 is 0 Å². The third-order valence-electron chi connectivity index (χ3n) is 2.27. The van der Waals surface area contributed by atoms with E-state index in [1.165, 1.54) is 0 Å². The molecule has 101 valence electrons. The van der Waals surface area contributed by atoms with Crippen molar-refractivity contribution in [3.63, 3.8) is 0 Å². The molecule has 2 aromatic rings. The van der Waals surface area contributed by atoms with E-state index in [-0.39, 0.29) is 6.07 Å². The van der Waals surface area contributed by atoms with Gasteiger partial charge in [0.2, 0.25) is 5.89 Å². The minimum absolute atomic E-state index is 0.0273. The summed E-state index contributed by atoms with van der Waals surface area (Å²) in [4.78, 5) is 3.45. The molecule has 2 rings (SSSR count). The van der Waals surface area contributed by atoms with Gasteiger partial charge in [0.1, 0.15) is 0 Å². The average molecular weight is 280 g/mol. The van der Waals surface area contributed by atoms with Gasteiger partial charge in [-0.2, -0.15) is 26.3 Å². The van der Waals surface area contributed by atoms with Gasteiger partial charge in [-0.1, -0.05) is 0 Å². The topological polar surface area (TPSA) is 26.0 Å². The number of hydrogen-bond donors (Lipinski definition) is 0. The number of rotatable bonds is 1. The normalized spacial score (nSPS) is 12.7. The molecule has 2 nitrogen and oxygen atoms in total. The van der Waals surface area contributed by atoms with E-state index in [0.717, 1.165) is 6.20 Å². The van der Waals surface area contributed by atoms with E-state index < -0.39 is 34.9 Å². The Hall–Kier alpha value is -1.99. The molecule has 1 heterocycles. The van der Waals surface area contributed by atoms with Crippen LogP contribution in [0.4, 0.5) is 26.3 Å². The summed E-state index contributed by atoms with van der Waals surface area (Å²) < 4.78 is 80.1. The summed E-state index contributed by atoms with van der Waals surface area (Å²) in [7, 11) is 0. The SMILES string of the molecule is FC(F)(F)c1ccc(-c2nc[c]o2)c(C(F)(F)F)c1. The van der Waals surface area contributed by atoms with Crippen molar-refractivity contribution in [2.75, 3.05) is 0 Å². The number of hydrogen-bond acceptors (Lipinski definition) is 2. The lowest BCUT2D eigenvalue weighted by atomic mass is 10.0. The van der Waals surface area contributed by atoms with Gasteiger partial charge in [-0.05, 0) is 18.2 Å². The van der Waals surface area contributed by atoms with Gasteiger partial charge < -0.3 is 4.42 Å². The highest BCUT2D eigenvalue weighted by atomic mass is 19.4. The molecule has 1 aromatic heterocycles. The molecule has 0 aliphatic heterocycles. The predicted octanol–water partition coefficient (Wildman–Crippen LogP) is 4.18. The lowest BCUT2D eigenvalue weighted by molar-refractivity contribution is -0.142. The van der Waals surface area contributed by atoms with Crippen molar-refractivity contribution in [3.05, 3.63) is 41.8 Å². The molecule has 8 heteroatoms. The summed E-state index contributed by atoms with van der Waals surface area (Å²) in [5, 5.41) is 0. The first-order valence-corrected chi connectivity index (χ1v) is 4.80. The van der Waals surface area contributed by atoms with E-state index in [9.17, 15) is 26.3 Å². The molecule has 19 heavy (non-hydrogen) atoms. The van der Waals surface area contributed by atoms with Gasteiger partial charge in [-0.3, -0.25) is 0 Å². The fourth-order valence-electron chi connectivity index (χ4n) is 1.46. The molecular weight excluding hydrogens is 276 g/mol. The maximum atomic E-state index is 12.8. The Morgan fingerprint density at radius 2 is 1.68 bits per heavy atom. The van der Waals surface area contributed by atoms with Crippen molar-refractivity contribution in [1.29, 1.82) is 0 Å². The highest BCUT2D eigenvalue weighted by Crippen LogP contribution is 2.40. The van der Waals surface area contributed by atoms with Crippen LogP contribution in [-0.2, 0) is 12.4 Å². The highest BCUT2D eigenvalue weighted by Gasteiger charge is 2.39. The van der Waals surface area contributed by atoms with Gasteiger partial charge in [-0.25, -0.2) is 4.98 Å². The second-order valence-electron chi connectivity index (χ2n) is 3.54. The molecule has 0 spiro atoms. The maximum absolute atomic E-state index is 12.8. The first kappa shape index (κ1) is 13.4. The first-order valence-electron chi connectivity index (χ1n) is 4.80. The van der Waals surface area contributed by atoms with Gasteiger partial charge in [0.05, 0.1) is 17.3 Å². The fraction of sp³-hybridized carbons (Fsp3) is 0.182. The number of halogens is 6. The fourth-order valence-corrected chi connectivity index (χ4v) is 1.46.